The molecule has 6 nitrogen and oxygen atoms in total. The highest BCUT2D eigenvalue weighted by molar-refractivity contribution is 5.62. The zero-order chi connectivity index (χ0) is 21.2. The van der Waals surface area contributed by atoms with Crippen molar-refractivity contribution in [3.63, 3.8) is 0 Å². The van der Waals surface area contributed by atoms with E-state index < -0.39 is 42.4 Å². The van der Waals surface area contributed by atoms with Gasteiger partial charge in [0.25, 0.3) is 5.89 Å². The van der Waals surface area contributed by atoms with Gasteiger partial charge < -0.3 is 13.7 Å². The van der Waals surface area contributed by atoms with Crippen LogP contribution in [0.4, 0.5) is 37.7 Å². The van der Waals surface area contributed by atoms with Crippen LogP contribution < -0.4 is 4.90 Å². The van der Waals surface area contributed by atoms with Crippen molar-refractivity contribution in [2.45, 2.75) is 18.9 Å². The highest BCUT2D eigenvalue weighted by Crippen LogP contribution is 2.39. The second kappa shape index (κ2) is 7.50. The van der Waals surface area contributed by atoms with Crippen molar-refractivity contribution >= 4 is 11.4 Å². The monoisotopic (exact) mass is 416 g/mol. The van der Waals surface area contributed by atoms with E-state index in [2.05, 4.69) is 15.0 Å². The molecule has 0 aliphatic carbocycles. The van der Waals surface area contributed by atoms with E-state index in [0.717, 1.165) is 12.1 Å². The number of benzene rings is 1. The van der Waals surface area contributed by atoms with E-state index in [-0.39, 0.29) is 17.5 Å². The quantitative estimate of drug-likeness (QED) is 0.408. The lowest BCUT2D eigenvalue weighted by atomic mass is 10.1. The van der Waals surface area contributed by atoms with Crippen LogP contribution in [0.3, 0.4) is 0 Å². The third-order valence-electron chi connectivity index (χ3n) is 3.67. The zero-order valence-corrected chi connectivity index (χ0v) is 14.3. The molecule has 0 radical (unpaired) electrons. The van der Waals surface area contributed by atoms with Crippen molar-refractivity contribution in [2.75, 3.05) is 11.4 Å². The molecule has 3 aromatic rings. The number of hydrogen-bond acceptors (Lipinski definition) is 5. The van der Waals surface area contributed by atoms with Gasteiger partial charge in [-0.25, -0.2) is 4.85 Å². The fourth-order valence-electron chi connectivity index (χ4n) is 2.48. The molecule has 2 heterocycles. The van der Waals surface area contributed by atoms with Crippen molar-refractivity contribution in [1.29, 1.82) is 0 Å². The van der Waals surface area contributed by atoms with Crippen LogP contribution in [0.2, 0.25) is 0 Å². The first-order chi connectivity index (χ1) is 13.6. The molecule has 3 rings (SSSR count). The third kappa shape index (κ3) is 4.87. The topological polar surface area (TPSA) is 59.7 Å². The number of hydrogen-bond donors (Lipinski definition) is 0. The van der Waals surface area contributed by atoms with E-state index in [9.17, 15) is 26.3 Å². The van der Waals surface area contributed by atoms with Gasteiger partial charge in [0.2, 0.25) is 5.89 Å². The maximum atomic E-state index is 13.2. The van der Waals surface area contributed by atoms with Gasteiger partial charge in [-0.15, -0.1) is 10.2 Å². The smallest absolute Gasteiger partial charge is 0.407 e. The summed E-state index contributed by atoms with van der Waals surface area (Å²) >= 11 is 0. The Morgan fingerprint density at radius 3 is 2.41 bits per heavy atom. The minimum Gasteiger partial charge on any atom is -0.459 e. The maximum absolute atomic E-state index is 13.2. The van der Waals surface area contributed by atoms with Crippen LogP contribution in [-0.4, -0.2) is 22.9 Å². The Morgan fingerprint density at radius 1 is 1.07 bits per heavy atom. The first-order valence-electron chi connectivity index (χ1n) is 7.83. The van der Waals surface area contributed by atoms with Gasteiger partial charge in [-0.3, -0.25) is 0 Å². The lowest BCUT2D eigenvalue weighted by molar-refractivity contribution is -0.136. The van der Waals surface area contributed by atoms with E-state index in [0.29, 0.717) is 11.0 Å². The first kappa shape index (κ1) is 20.2. The molecule has 0 bridgehead atoms. The Labute approximate surface area is 159 Å². The summed E-state index contributed by atoms with van der Waals surface area (Å²) < 4.78 is 88.8. The van der Waals surface area contributed by atoms with Crippen LogP contribution in [-0.2, 0) is 12.7 Å². The number of furan rings is 1. The van der Waals surface area contributed by atoms with Gasteiger partial charge in [0.1, 0.15) is 6.54 Å². The molecule has 1 aromatic carbocycles. The standard InChI is InChI=1S/C17H10F6N4O2/c1-24-12-5-4-10(7-11(12)17(21,22)23)27(9-16(18,19)20)8-14-25-26-15(29-14)13-3-2-6-28-13/h2-7H,8-9H2. The van der Waals surface area contributed by atoms with E-state index >= 15 is 0 Å². The van der Waals surface area contributed by atoms with Crippen molar-refractivity contribution in [3.05, 3.63) is 59.5 Å². The molecule has 152 valence electrons. The molecule has 12 heteroatoms. The molecule has 0 atom stereocenters. The maximum Gasteiger partial charge on any atom is 0.407 e. The Bertz CT molecular complexity index is 1020. The largest absolute Gasteiger partial charge is 0.459 e. The summed E-state index contributed by atoms with van der Waals surface area (Å²) in [7, 11) is 0. The molecule has 0 saturated carbocycles. The fraction of sp³-hybridized carbons (Fsp3) is 0.235. The van der Waals surface area contributed by atoms with Gasteiger partial charge in [0, 0.05) is 5.69 Å². The minimum atomic E-state index is -4.91. The summed E-state index contributed by atoms with van der Waals surface area (Å²) in [6.07, 6.45) is -8.30. The molecule has 0 fully saturated rings. The van der Waals surface area contributed by atoms with Crippen LogP contribution in [0, 0.1) is 6.57 Å². The van der Waals surface area contributed by atoms with Crippen LogP contribution in [0.25, 0.3) is 16.5 Å². The van der Waals surface area contributed by atoms with Crippen LogP contribution >= 0.6 is 0 Å². The zero-order valence-electron chi connectivity index (χ0n) is 14.3. The number of nitrogens with zero attached hydrogens (tertiary/aromatic N) is 4. The SMILES string of the molecule is [C-]#[N+]c1ccc(N(Cc2nnc(-c3ccco3)o2)CC(F)(F)F)cc1C(F)(F)F. The highest BCUT2D eigenvalue weighted by atomic mass is 19.4. The van der Waals surface area contributed by atoms with Gasteiger partial charge in [0.05, 0.1) is 24.9 Å². The summed E-state index contributed by atoms with van der Waals surface area (Å²) in [5.41, 5.74) is -2.45. The molecule has 0 amide bonds. The Hall–Kier alpha value is -3.49. The fourth-order valence-corrected chi connectivity index (χ4v) is 2.48. The van der Waals surface area contributed by atoms with Crippen molar-refractivity contribution in [2.24, 2.45) is 0 Å². The summed E-state index contributed by atoms with van der Waals surface area (Å²) in [6.45, 7) is 4.65. The predicted molar refractivity (Wildman–Crippen MR) is 86.8 cm³/mol. The van der Waals surface area contributed by atoms with Crippen LogP contribution in [0.15, 0.2) is 45.4 Å². The molecule has 29 heavy (non-hydrogen) atoms. The summed E-state index contributed by atoms with van der Waals surface area (Å²) in [5, 5.41) is 7.26. The summed E-state index contributed by atoms with van der Waals surface area (Å²) in [6, 6.07) is 5.33. The van der Waals surface area contributed by atoms with Crippen molar-refractivity contribution in [1.82, 2.24) is 10.2 Å². The third-order valence-corrected chi connectivity index (χ3v) is 3.67. The number of anilines is 1. The van der Waals surface area contributed by atoms with Gasteiger partial charge in [-0.05, 0) is 24.3 Å². The average Bonchev–Trinajstić information content (AvgIpc) is 3.30. The normalized spacial score (nSPS) is 12.0. The first-order valence-corrected chi connectivity index (χ1v) is 7.83. The van der Waals surface area contributed by atoms with Gasteiger partial charge in [0.15, 0.2) is 11.4 Å². The molecule has 0 aliphatic rings. The van der Waals surface area contributed by atoms with Gasteiger partial charge in [-0.1, -0.05) is 6.07 Å². The summed E-state index contributed by atoms with van der Waals surface area (Å²) in [5.74, 6) is -0.161. The van der Waals surface area contributed by atoms with Crippen LogP contribution in [0.1, 0.15) is 11.5 Å². The van der Waals surface area contributed by atoms with Crippen molar-refractivity contribution in [3.8, 4) is 11.7 Å². The van der Waals surface area contributed by atoms with E-state index in [1.165, 1.54) is 18.4 Å². The number of alkyl halides is 6. The molecule has 0 spiro atoms. The number of halogens is 6. The average molecular weight is 416 g/mol. The molecule has 0 saturated heterocycles. The predicted octanol–water partition coefficient (Wildman–Crippen LogP) is 5.47. The molecule has 2 aromatic heterocycles. The Morgan fingerprint density at radius 2 is 1.83 bits per heavy atom. The van der Waals surface area contributed by atoms with Crippen LogP contribution in [0.5, 0.6) is 0 Å². The summed E-state index contributed by atoms with van der Waals surface area (Å²) in [4.78, 5) is 3.37. The molecule has 0 N–H and O–H groups in total. The second-order valence-electron chi connectivity index (χ2n) is 5.76. The Kier molecular flexibility index (Phi) is 5.23. The lowest BCUT2D eigenvalue weighted by Crippen LogP contribution is -2.34. The van der Waals surface area contributed by atoms with Gasteiger partial charge in [-0.2, -0.15) is 26.3 Å². The molecular weight excluding hydrogens is 406 g/mol. The molecule has 0 aliphatic heterocycles. The molecular formula is C17H10F6N4O2. The van der Waals surface area contributed by atoms with E-state index in [1.54, 1.807) is 0 Å². The Balaban J connectivity index is 1.95. The minimum absolute atomic E-state index is 0.0868. The van der Waals surface area contributed by atoms with Crippen molar-refractivity contribution < 1.29 is 35.2 Å². The highest BCUT2D eigenvalue weighted by Gasteiger charge is 2.36. The number of aromatic nitrogens is 2. The van der Waals surface area contributed by atoms with E-state index in [1.807, 2.05) is 0 Å². The lowest BCUT2D eigenvalue weighted by Gasteiger charge is -2.25. The van der Waals surface area contributed by atoms with Gasteiger partial charge >= 0.3 is 12.4 Å². The second-order valence-corrected chi connectivity index (χ2v) is 5.76. The van der Waals surface area contributed by atoms with E-state index in [4.69, 9.17) is 15.4 Å². The number of rotatable bonds is 5. The molecule has 0 unspecified atom stereocenters.